The number of Topliss-reactive ketones (excluding diaryl/α,β-unsaturated/α-hetero) is 1. The van der Waals surface area contributed by atoms with Gasteiger partial charge in [0.25, 0.3) is 0 Å². The fourth-order valence-corrected chi connectivity index (χ4v) is 3.93. The van der Waals surface area contributed by atoms with Crippen LogP contribution in [-0.2, 0) is 4.79 Å². The predicted molar refractivity (Wildman–Crippen MR) is 71.0 cm³/mol. The van der Waals surface area contributed by atoms with Crippen molar-refractivity contribution in [2.24, 2.45) is 23.7 Å². The SMILES string of the molecule is Cc1ccc(C(=O)[C@H]2[C@@H]3CC[C@@H](C3)[C@@H]2C(=O)O)cc1. The maximum absolute atomic E-state index is 12.6. The number of hydrogen-bond acceptors (Lipinski definition) is 2. The Balaban J connectivity index is 1.90. The molecular weight excluding hydrogens is 240 g/mol. The lowest BCUT2D eigenvalue weighted by Gasteiger charge is -2.26. The molecule has 3 heteroatoms. The number of ketones is 1. The normalized spacial score (nSPS) is 32.5. The van der Waals surface area contributed by atoms with Crippen molar-refractivity contribution in [1.82, 2.24) is 0 Å². The third-order valence-corrected chi connectivity index (χ3v) is 4.84. The van der Waals surface area contributed by atoms with Gasteiger partial charge >= 0.3 is 5.97 Å². The van der Waals surface area contributed by atoms with Crippen LogP contribution in [0, 0.1) is 30.6 Å². The van der Waals surface area contributed by atoms with Crippen LogP contribution in [0.3, 0.4) is 0 Å². The Bertz CT molecular complexity index is 517. The summed E-state index contributed by atoms with van der Waals surface area (Å²) in [5.74, 6) is -1.05. The summed E-state index contributed by atoms with van der Waals surface area (Å²) in [6.45, 7) is 1.98. The topological polar surface area (TPSA) is 54.4 Å². The van der Waals surface area contributed by atoms with Crippen molar-refractivity contribution in [1.29, 1.82) is 0 Å². The van der Waals surface area contributed by atoms with Crippen molar-refractivity contribution in [2.45, 2.75) is 26.2 Å². The van der Waals surface area contributed by atoms with E-state index in [0.717, 1.165) is 24.8 Å². The van der Waals surface area contributed by atoms with Gasteiger partial charge in [0.1, 0.15) is 0 Å². The molecule has 2 saturated carbocycles. The monoisotopic (exact) mass is 258 g/mol. The van der Waals surface area contributed by atoms with Crippen LogP contribution in [0.25, 0.3) is 0 Å². The van der Waals surface area contributed by atoms with E-state index in [2.05, 4.69) is 0 Å². The third kappa shape index (κ3) is 1.97. The molecule has 2 aliphatic carbocycles. The van der Waals surface area contributed by atoms with Crippen LogP contribution in [-0.4, -0.2) is 16.9 Å². The molecule has 3 rings (SSSR count). The predicted octanol–water partition coefficient (Wildman–Crippen LogP) is 2.92. The highest BCUT2D eigenvalue weighted by Crippen LogP contribution is 2.53. The molecule has 0 saturated heterocycles. The van der Waals surface area contributed by atoms with Gasteiger partial charge in [-0.1, -0.05) is 29.8 Å². The Labute approximate surface area is 112 Å². The highest BCUT2D eigenvalue weighted by atomic mass is 16.4. The Kier molecular flexibility index (Phi) is 2.92. The lowest BCUT2D eigenvalue weighted by molar-refractivity contribution is -0.144. The molecule has 1 N–H and O–H groups in total. The summed E-state index contributed by atoms with van der Waals surface area (Å²) in [4.78, 5) is 24.0. The molecule has 0 aliphatic heterocycles. The van der Waals surface area contributed by atoms with Crippen LogP contribution in [0.5, 0.6) is 0 Å². The van der Waals surface area contributed by atoms with Crippen LogP contribution in [0.1, 0.15) is 35.2 Å². The molecule has 100 valence electrons. The van der Waals surface area contributed by atoms with Crippen LogP contribution in [0.4, 0.5) is 0 Å². The van der Waals surface area contributed by atoms with Crippen LogP contribution >= 0.6 is 0 Å². The first-order valence-corrected chi connectivity index (χ1v) is 6.91. The number of aliphatic carboxylic acids is 1. The van der Waals surface area contributed by atoms with Crippen LogP contribution in [0.15, 0.2) is 24.3 Å². The zero-order valence-corrected chi connectivity index (χ0v) is 11.0. The Morgan fingerprint density at radius 1 is 1.05 bits per heavy atom. The number of carboxylic acid groups (broad SMARTS) is 1. The van der Waals surface area contributed by atoms with Crippen molar-refractivity contribution in [3.63, 3.8) is 0 Å². The van der Waals surface area contributed by atoms with Crippen molar-refractivity contribution in [2.75, 3.05) is 0 Å². The minimum Gasteiger partial charge on any atom is -0.481 e. The Morgan fingerprint density at radius 2 is 1.63 bits per heavy atom. The smallest absolute Gasteiger partial charge is 0.307 e. The molecule has 2 bridgehead atoms. The average molecular weight is 258 g/mol. The molecule has 1 aromatic rings. The molecule has 1 aromatic carbocycles. The lowest BCUT2D eigenvalue weighted by atomic mass is 9.75. The quantitative estimate of drug-likeness (QED) is 0.848. The standard InChI is InChI=1S/C16H18O3/c1-9-2-4-10(5-3-9)15(17)13-11-6-7-12(8-11)14(13)16(18)19/h2-5,11-14H,6-8H2,1H3,(H,18,19)/t11-,12+,13+,14+/m1/s1. The molecular formula is C16H18O3. The second-order valence-electron chi connectivity index (χ2n) is 5.95. The van der Waals surface area contributed by atoms with Gasteiger partial charge in [-0.2, -0.15) is 0 Å². The summed E-state index contributed by atoms with van der Waals surface area (Å²) in [6, 6.07) is 7.47. The van der Waals surface area contributed by atoms with Crippen molar-refractivity contribution < 1.29 is 14.7 Å². The fourth-order valence-electron chi connectivity index (χ4n) is 3.93. The summed E-state index contributed by atoms with van der Waals surface area (Å²) in [6.07, 6.45) is 2.90. The highest BCUT2D eigenvalue weighted by molar-refractivity contribution is 6.00. The van der Waals surface area contributed by atoms with E-state index in [4.69, 9.17) is 0 Å². The molecule has 0 heterocycles. The molecule has 0 aromatic heterocycles. The molecule has 2 aliphatic rings. The number of rotatable bonds is 3. The first-order chi connectivity index (χ1) is 9.08. The first kappa shape index (κ1) is 12.4. The summed E-state index contributed by atoms with van der Waals surface area (Å²) in [5.41, 5.74) is 1.77. The molecule has 0 spiro atoms. The number of fused-ring (bicyclic) bond motifs is 2. The zero-order chi connectivity index (χ0) is 13.6. The highest BCUT2D eigenvalue weighted by Gasteiger charge is 2.53. The van der Waals surface area contributed by atoms with Gasteiger partial charge in [-0.15, -0.1) is 0 Å². The second kappa shape index (κ2) is 4.48. The van der Waals surface area contributed by atoms with E-state index < -0.39 is 11.9 Å². The first-order valence-electron chi connectivity index (χ1n) is 6.91. The Morgan fingerprint density at radius 3 is 2.21 bits per heavy atom. The summed E-state index contributed by atoms with van der Waals surface area (Å²) >= 11 is 0. The fraction of sp³-hybridized carbons (Fsp3) is 0.500. The van der Waals surface area contributed by atoms with E-state index in [1.165, 1.54) is 0 Å². The molecule has 2 fully saturated rings. The number of carbonyl (C=O) groups excluding carboxylic acids is 1. The maximum Gasteiger partial charge on any atom is 0.307 e. The van der Waals surface area contributed by atoms with E-state index in [-0.39, 0.29) is 23.5 Å². The van der Waals surface area contributed by atoms with Crippen molar-refractivity contribution >= 4 is 11.8 Å². The number of hydrogen-bond donors (Lipinski definition) is 1. The van der Waals surface area contributed by atoms with Gasteiger partial charge in [0.2, 0.25) is 0 Å². The number of carboxylic acids is 1. The minimum absolute atomic E-state index is 0.0274. The van der Waals surface area contributed by atoms with Gasteiger partial charge in [0, 0.05) is 11.5 Å². The van der Waals surface area contributed by atoms with Gasteiger partial charge in [-0.05, 0) is 38.0 Å². The third-order valence-electron chi connectivity index (χ3n) is 4.84. The van der Waals surface area contributed by atoms with Gasteiger partial charge in [-0.3, -0.25) is 9.59 Å². The summed E-state index contributed by atoms with van der Waals surface area (Å²) in [7, 11) is 0. The number of benzene rings is 1. The average Bonchev–Trinajstić information content (AvgIpc) is 2.98. The second-order valence-corrected chi connectivity index (χ2v) is 5.95. The summed E-state index contributed by atoms with van der Waals surface area (Å²) in [5, 5.41) is 9.39. The van der Waals surface area contributed by atoms with Gasteiger partial charge in [-0.25, -0.2) is 0 Å². The van der Waals surface area contributed by atoms with E-state index in [9.17, 15) is 14.7 Å². The van der Waals surface area contributed by atoms with Gasteiger partial charge in [0.15, 0.2) is 5.78 Å². The van der Waals surface area contributed by atoms with E-state index in [0.29, 0.717) is 5.56 Å². The largest absolute Gasteiger partial charge is 0.481 e. The summed E-state index contributed by atoms with van der Waals surface area (Å²) < 4.78 is 0. The van der Waals surface area contributed by atoms with Gasteiger partial charge in [0.05, 0.1) is 5.92 Å². The minimum atomic E-state index is -0.794. The molecule has 0 amide bonds. The lowest BCUT2D eigenvalue weighted by Crippen LogP contribution is -2.34. The van der Waals surface area contributed by atoms with Crippen LogP contribution in [0.2, 0.25) is 0 Å². The van der Waals surface area contributed by atoms with E-state index in [1.807, 2.05) is 31.2 Å². The van der Waals surface area contributed by atoms with E-state index >= 15 is 0 Å². The van der Waals surface area contributed by atoms with Crippen molar-refractivity contribution in [3.05, 3.63) is 35.4 Å². The van der Waals surface area contributed by atoms with Crippen LogP contribution < -0.4 is 0 Å². The molecule has 0 radical (unpaired) electrons. The van der Waals surface area contributed by atoms with E-state index in [1.54, 1.807) is 0 Å². The number of carbonyl (C=O) groups is 2. The molecule has 19 heavy (non-hydrogen) atoms. The van der Waals surface area contributed by atoms with Crippen molar-refractivity contribution in [3.8, 4) is 0 Å². The molecule has 0 unspecified atom stereocenters. The molecule has 3 nitrogen and oxygen atoms in total. The molecule has 4 atom stereocenters. The Hall–Kier alpha value is -1.64. The zero-order valence-electron chi connectivity index (χ0n) is 11.0. The number of aryl methyl sites for hydroxylation is 1. The maximum atomic E-state index is 12.6. The van der Waals surface area contributed by atoms with Gasteiger partial charge < -0.3 is 5.11 Å².